The number of halogens is 2. The second-order valence-electron chi connectivity index (χ2n) is 5.78. The van der Waals surface area contributed by atoms with Crippen LogP contribution in [0.15, 0.2) is 59.6 Å². The highest BCUT2D eigenvalue weighted by atomic mass is 35.5. The van der Waals surface area contributed by atoms with Crippen molar-refractivity contribution in [2.45, 2.75) is 5.03 Å². The number of aromatic nitrogens is 3. The number of benzene rings is 2. The third kappa shape index (κ3) is 3.28. The maximum atomic E-state index is 9.06. The minimum atomic E-state index is 0.411. The molecular weight excluding hydrogens is 399 g/mol. The average molecular weight is 411 g/mol. The van der Waals surface area contributed by atoms with E-state index in [9.17, 15) is 0 Å². The summed E-state index contributed by atoms with van der Waals surface area (Å²) >= 11 is 13.9. The molecule has 0 aliphatic heterocycles. The summed E-state index contributed by atoms with van der Waals surface area (Å²) in [7, 11) is 0. The average Bonchev–Trinajstić information content (AvgIpc) is 3.07. The molecule has 2 heterocycles. The van der Waals surface area contributed by atoms with Gasteiger partial charge in [0.05, 0.1) is 17.2 Å². The van der Waals surface area contributed by atoms with E-state index in [2.05, 4.69) is 11.1 Å². The maximum absolute atomic E-state index is 9.06. The Hall–Kier alpha value is -2.52. The molecule has 2 aromatic heterocycles. The van der Waals surface area contributed by atoms with Crippen molar-refractivity contribution in [2.75, 3.05) is 6.26 Å². The Morgan fingerprint density at radius 2 is 1.67 bits per heavy atom. The summed E-state index contributed by atoms with van der Waals surface area (Å²) in [4.78, 5) is 4.53. The predicted molar refractivity (Wildman–Crippen MR) is 110 cm³/mol. The number of fused-ring (bicyclic) bond motifs is 1. The zero-order chi connectivity index (χ0) is 19.0. The third-order valence-corrected chi connectivity index (χ3v) is 5.31. The van der Waals surface area contributed by atoms with Gasteiger partial charge in [-0.3, -0.25) is 0 Å². The van der Waals surface area contributed by atoms with Crippen molar-refractivity contribution in [2.24, 2.45) is 0 Å². The van der Waals surface area contributed by atoms with Crippen LogP contribution in [0, 0.1) is 11.3 Å². The molecule has 4 rings (SSSR count). The molecular formula is C20H12Cl2N4S. The smallest absolute Gasteiger partial charge is 0.166 e. The monoisotopic (exact) mass is 410 g/mol. The van der Waals surface area contributed by atoms with Crippen LogP contribution < -0.4 is 0 Å². The van der Waals surface area contributed by atoms with Crippen LogP contribution >= 0.6 is 35.0 Å². The summed E-state index contributed by atoms with van der Waals surface area (Å²) in [6, 6.07) is 18.8. The van der Waals surface area contributed by atoms with Gasteiger partial charge in [0.2, 0.25) is 0 Å². The first kappa shape index (κ1) is 17.9. The fourth-order valence-electron chi connectivity index (χ4n) is 2.90. The molecule has 0 unspecified atom stereocenters. The third-order valence-electron chi connectivity index (χ3n) is 4.15. The Morgan fingerprint density at radius 3 is 2.30 bits per heavy atom. The second-order valence-corrected chi connectivity index (χ2v) is 7.43. The SMILES string of the molecule is CSc1cc(Cl)nc2c(-c3ccc(Cl)cc3)c(-c3ccc(C#N)cc3)nn12. The second kappa shape index (κ2) is 7.24. The fourth-order valence-corrected chi connectivity index (χ4v) is 3.80. The van der Waals surface area contributed by atoms with E-state index in [1.54, 1.807) is 34.5 Å². The molecule has 0 amide bonds. The Labute approximate surface area is 170 Å². The normalized spacial score (nSPS) is 10.9. The molecule has 0 N–H and O–H groups in total. The van der Waals surface area contributed by atoms with Crippen LogP contribution in [0.5, 0.6) is 0 Å². The molecule has 0 fully saturated rings. The molecule has 0 bridgehead atoms. The van der Waals surface area contributed by atoms with Crippen molar-refractivity contribution in [3.8, 4) is 28.5 Å². The predicted octanol–water partition coefficient (Wildman–Crippen LogP) is 5.96. The lowest BCUT2D eigenvalue weighted by molar-refractivity contribution is 0.848. The van der Waals surface area contributed by atoms with Crippen LogP contribution in [0.25, 0.3) is 28.0 Å². The lowest BCUT2D eigenvalue weighted by Gasteiger charge is -2.05. The topological polar surface area (TPSA) is 54.0 Å². The first-order chi connectivity index (χ1) is 13.1. The molecule has 27 heavy (non-hydrogen) atoms. The van der Waals surface area contributed by atoms with Gasteiger partial charge in [0.25, 0.3) is 0 Å². The number of thioether (sulfide) groups is 1. The van der Waals surface area contributed by atoms with E-state index in [0.29, 0.717) is 21.4 Å². The molecule has 2 aromatic carbocycles. The molecule has 0 aliphatic rings. The van der Waals surface area contributed by atoms with Crippen molar-refractivity contribution in [3.63, 3.8) is 0 Å². The van der Waals surface area contributed by atoms with E-state index >= 15 is 0 Å². The largest absolute Gasteiger partial charge is 0.216 e. The minimum absolute atomic E-state index is 0.411. The van der Waals surface area contributed by atoms with E-state index in [4.69, 9.17) is 33.6 Å². The van der Waals surface area contributed by atoms with E-state index in [0.717, 1.165) is 27.4 Å². The van der Waals surface area contributed by atoms with Crippen LogP contribution in [0.2, 0.25) is 10.2 Å². The van der Waals surface area contributed by atoms with Gasteiger partial charge in [-0.15, -0.1) is 11.8 Å². The fraction of sp³-hybridized carbons (Fsp3) is 0.0500. The Morgan fingerprint density at radius 1 is 1.00 bits per heavy atom. The lowest BCUT2D eigenvalue weighted by Crippen LogP contribution is -1.95. The highest BCUT2D eigenvalue weighted by molar-refractivity contribution is 7.98. The van der Waals surface area contributed by atoms with Crippen molar-refractivity contribution in [1.29, 1.82) is 5.26 Å². The van der Waals surface area contributed by atoms with Gasteiger partial charge in [0.1, 0.15) is 15.9 Å². The summed E-state index contributed by atoms with van der Waals surface area (Å²) < 4.78 is 1.80. The molecule has 0 saturated carbocycles. The summed E-state index contributed by atoms with van der Waals surface area (Å²) in [5.41, 5.74) is 4.75. The molecule has 0 radical (unpaired) electrons. The van der Waals surface area contributed by atoms with Gasteiger partial charge in [-0.05, 0) is 36.1 Å². The Balaban J connectivity index is 2.05. The van der Waals surface area contributed by atoms with Gasteiger partial charge >= 0.3 is 0 Å². The summed E-state index contributed by atoms with van der Waals surface area (Å²) in [6.45, 7) is 0. The van der Waals surface area contributed by atoms with Crippen molar-refractivity contribution in [3.05, 3.63) is 70.3 Å². The van der Waals surface area contributed by atoms with E-state index in [1.807, 2.05) is 42.7 Å². The maximum Gasteiger partial charge on any atom is 0.166 e. The van der Waals surface area contributed by atoms with Crippen LogP contribution in [0.4, 0.5) is 0 Å². The molecule has 4 nitrogen and oxygen atoms in total. The quantitative estimate of drug-likeness (QED) is 0.308. The standard InChI is InChI=1S/C20H12Cl2N4S/c1-27-17-10-16(22)24-20-18(13-6-8-15(21)9-7-13)19(25-26(17)20)14-4-2-12(11-23)3-5-14/h2-10H,1H3. The number of rotatable bonds is 3. The van der Waals surface area contributed by atoms with E-state index in [-0.39, 0.29) is 0 Å². The van der Waals surface area contributed by atoms with E-state index < -0.39 is 0 Å². The first-order valence-electron chi connectivity index (χ1n) is 8.00. The molecule has 0 atom stereocenters. The highest BCUT2D eigenvalue weighted by Gasteiger charge is 2.20. The van der Waals surface area contributed by atoms with Crippen LogP contribution in [0.1, 0.15) is 5.56 Å². The number of hydrogen-bond acceptors (Lipinski definition) is 4. The zero-order valence-electron chi connectivity index (χ0n) is 14.1. The van der Waals surface area contributed by atoms with Crippen molar-refractivity contribution in [1.82, 2.24) is 14.6 Å². The number of nitriles is 1. The molecule has 4 aromatic rings. The summed E-state index contributed by atoms with van der Waals surface area (Å²) in [5.74, 6) is 0. The van der Waals surface area contributed by atoms with Gasteiger partial charge < -0.3 is 0 Å². The van der Waals surface area contributed by atoms with E-state index in [1.165, 1.54) is 0 Å². The molecule has 0 aliphatic carbocycles. The van der Waals surface area contributed by atoms with Gasteiger partial charge in [-0.25, -0.2) is 9.50 Å². The Bertz CT molecular complexity index is 1180. The number of nitrogens with zero attached hydrogens (tertiary/aromatic N) is 4. The molecule has 0 saturated heterocycles. The number of hydrogen-bond donors (Lipinski definition) is 0. The minimum Gasteiger partial charge on any atom is -0.216 e. The van der Waals surface area contributed by atoms with Crippen LogP contribution in [0.3, 0.4) is 0 Å². The summed E-state index contributed by atoms with van der Waals surface area (Å²) in [6.07, 6.45) is 1.97. The van der Waals surface area contributed by atoms with Crippen molar-refractivity contribution >= 4 is 40.6 Å². The Kier molecular flexibility index (Phi) is 4.79. The van der Waals surface area contributed by atoms with Crippen LogP contribution in [-0.2, 0) is 0 Å². The van der Waals surface area contributed by atoms with Crippen LogP contribution in [-0.4, -0.2) is 20.9 Å². The lowest BCUT2D eigenvalue weighted by atomic mass is 10.0. The molecule has 7 heteroatoms. The zero-order valence-corrected chi connectivity index (χ0v) is 16.5. The van der Waals surface area contributed by atoms with Gasteiger partial charge in [-0.1, -0.05) is 47.5 Å². The summed E-state index contributed by atoms with van der Waals surface area (Å²) in [5, 5.41) is 15.8. The van der Waals surface area contributed by atoms with Gasteiger partial charge in [0, 0.05) is 16.7 Å². The van der Waals surface area contributed by atoms with Crippen molar-refractivity contribution < 1.29 is 0 Å². The molecule has 132 valence electrons. The molecule has 0 spiro atoms. The van der Waals surface area contributed by atoms with Gasteiger partial charge in [-0.2, -0.15) is 10.4 Å². The highest BCUT2D eigenvalue weighted by Crippen LogP contribution is 2.37. The van der Waals surface area contributed by atoms with Gasteiger partial charge in [0.15, 0.2) is 5.65 Å². The first-order valence-corrected chi connectivity index (χ1v) is 9.98.